The van der Waals surface area contributed by atoms with Crippen molar-refractivity contribution in [2.75, 3.05) is 5.32 Å². The van der Waals surface area contributed by atoms with Crippen LogP contribution in [0.3, 0.4) is 0 Å². The number of hydrogen-bond donors (Lipinski definition) is 2. The molecule has 7 heteroatoms. The maximum Gasteiger partial charge on any atom is 0.251 e. The van der Waals surface area contributed by atoms with E-state index in [2.05, 4.69) is 20.8 Å². The van der Waals surface area contributed by atoms with Crippen molar-refractivity contribution in [2.45, 2.75) is 26.3 Å². The van der Waals surface area contributed by atoms with E-state index in [0.29, 0.717) is 10.7 Å². The number of amides is 2. The highest BCUT2D eigenvalue weighted by molar-refractivity contribution is 7.15. The molecular weight excluding hydrogens is 288 g/mol. The van der Waals surface area contributed by atoms with Gasteiger partial charge in [-0.25, -0.2) is 0 Å². The lowest BCUT2D eigenvalue weighted by Crippen LogP contribution is -2.35. The Labute approximate surface area is 126 Å². The highest BCUT2D eigenvalue weighted by Crippen LogP contribution is 2.14. The van der Waals surface area contributed by atoms with E-state index in [1.54, 1.807) is 31.2 Å². The quantitative estimate of drug-likeness (QED) is 0.885. The molecule has 0 fully saturated rings. The van der Waals surface area contributed by atoms with Gasteiger partial charge in [-0.2, -0.15) is 0 Å². The number of rotatable bonds is 5. The molecule has 1 heterocycles. The van der Waals surface area contributed by atoms with Crippen LogP contribution >= 0.6 is 11.3 Å². The highest BCUT2D eigenvalue weighted by Gasteiger charge is 2.14. The molecule has 21 heavy (non-hydrogen) atoms. The van der Waals surface area contributed by atoms with Gasteiger partial charge in [0.15, 0.2) is 0 Å². The fraction of sp³-hybridized carbons (Fsp3) is 0.286. The standard InChI is InChI=1S/C14H16N4O2S/c1-9(15-13(20)11-6-4-3-5-7-11)8-12(19)16-14-18-17-10(2)21-14/h3-7,9H,8H2,1-2H3,(H,15,20)(H,16,18,19). The van der Waals surface area contributed by atoms with Crippen molar-refractivity contribution >= 4 is 28.3 Å². The number of hydrogen-bond acceptors (Lipinski definition) is 5. The zero-order chi connectivity index (χ0) is 15.2. The molecule has 0 saturated heterocycles. The number of nitrogens with zero attached hydrogens (tertiary/aromatic N) is 2. The Balaban J connectivity index is 1.82. The number of carbonyl (C=O) groups excluding carboxylic acids is 2. The minimum atomic E-state index is -0.272. The average Bonchev–Trinajstić information content (AvgIpc) is 2.84. The molecule has 1 aromatic carbocycles. The Morgan fingerprint density at radius 3 is 2.57 bits per heavy atom. The van der Waals surface area contributed by atoms with Crippen LogP contribution < -0.4 is 10.6 Å². The Bertz CT molecular complexity index is 627. The first-order chi connectivity index (χ1) is 10.0. The van der Waals surface area contributed by atoms with E-state index in [1.165, 1.54) is 11.3 Å². The fourth-order valence-corrected chi connectivity index (χ4v) is 2.35. The van der Waals surface area contributed by atoms with E-state index >= 15 is 0 Å². The lowest BCUT2D eigenvalue weighted by Gasteiger charge is -2.13. The summed E-state index contributed by atoms with van der Waals surface area (Å²) in [7, 11) is 0. The maximum absolute atomic E-state index is 11.9. The Morgan fingerprint density at radius 2 is 1.95 bits per heavy atom. The van der Waals surface area contributed by atoms with E-state index in [1.807, 2.05) is 13.0 Å². The second-order valence-corrected chi connectivity index (χ2v) is 5.80. The van der Waals surface area contributed by atoms with Crippen LogP contribution in [0.1, 0.15) is 28.7 Å². The Hall–Kier alpha value is -2.28. The van der Waals surface area contributed by atoms with Crippen LogP contribution in [0.15, 0.2) is 30.3 Å². The van der Waals surface area contributed by atoms with Crippen LogP contribution in [0.25, 0.3) is 0 Å². The van der Waals surface area contributed by atoms with Crippen molar-refractivity contribution in [3.8, 4) is 0 Å². The SMILES string of the molecule is Cc1nnc(NC(=O)CC(C)NC(=O)c2ccccc2)s1. The first kappa shape index (κ1) is 15.1. The zero-order valence-corrected chi connectivity index (χ0v) is 12.6. The minimum absolute atomic E-state index is 0.178. The third kappa shape index (κ3) is 4.64. The molecule has 1 unspecified atom stereocenters. The van der Waals surface area contributed by atoms with E-state index in [0.717, 1.165) is 5.01 Å². The number of aryl methyl sites for hydroxylation is 1. The second-order valence-electron chi connectivity index (χ2n) is 4.62. The molecule has 2 aromatic rings. The molecule has 110 valence electrons. The van der Waals surface area contributed by atoms with Crippen LogP contribution in [0.4, 0.5) is 5.13 Å². The van der Waals surface area contributed by atoms with Gasteiger partial charge in [0, 0.05) is 18.0 Å². The normalized spacial score (nSPS) is 11.7. The largest absolute Gasteiger partial charge is 0.349 e. The summed E-state index contributed by atoms with van der Waals surface area (Å²) >= 11 is 1.31. The molecule has 0 spiro atoms. The third-order valence-corrected chi connectivity index (χ3v) is 3.43. The molecule has 1 aromatic heterocycles. The summed E-state index contributed by atoms with van der Waals surface area (Å²) < 4.78 is 0. The number of aromatic nitrogens is 2. The lowest BCUT2D eigenvalue weighted by atomic mass is 10.1. The first-order valence-electron chi connectivity index (χ1n) is 6.50. The summed E-state index contributed by atoms with van der Waals surface area (Å²) in [6.45, 7) is 3.60. The summed E-state index contributed by atoms with van der Waals surface area (Å²) in [6, 6.07) is 8.62. The van der Waals surface area contributed by atoms with Gasteiger partial charge in [0.2, 0.25) is 11.0 Å². The van der Waals surface area contributed by atoms with Crippen LogP contribution in [0, 0.1) is 6.92 Å². The summed E-state index contributed by atoms with van der Waals surface area (Å²) in [5.74, 6) is -0.394. The molecule has 0 aliphatic carbocycles. The van der Waals surface area contributed by atoms with Gasteiger partial charge >= 0.3 is 0 Å². The van der Waals surface area contributed by atoms with Crippen LogP contribution in [-0.4, -0.2) is 28.1 Å². The Morgan fingerprint density at radius 1 is 1.24 bits per heavy atom. The number of nitrogens with one attached hydrogen (secondary N) is 2. The smallest absolute Gasteiger partial charge is 0.251 e. The van der Waals surface area contributed by atoms with Crippen molar-refractivity contribution in [2.24, 2.45) is 0 Å². The van der Waals surface area contributed by atoms with Crippen molar-refractivity contribution in [1.29, 1.82) is 0 Å². The van der Waals surface area contributed by atoms with Gasteiger partial charge in [-0.05, 0) is 26.0 Å². The fourth-order valence-electron chi connectivity index (χ4n) is 1.74. The van der Waals surface area contributed by atoms with Gasteiger partial charge in [-0.15, -0.1) is 10.2 Å². The third-order valence-electron chi connectivity index (χ3n) is 2.68. The molecule has 6 nitrogen and oxygen atoms in total. The minimum Gasteiger partial charge on any atom is -0.349 e. The van der Waals surface area contributed by atoms with Gasteiger partial charge < -0.3 is 10.6 Å². The molecule has 0 saturated carbocycles. The van der Waals surface area contributed by atoms with E-state index in [4.69, 9.17) is 0 Å². The molecule has 0 aliphatic rings. The monoisotopic (exact) mass is 304 g/mol. The van der Waals surface area contributed by atoms with Crippen molar-refractivity contribution in [3.05, 3.63) is 40.9 Å². The zero-order valence-electron chi connectivity index (χ0n) is 11.8. The van der Waals surface area contributed by atoms with Crippen LogP contribution in [0.2, 0.25) is 0 Å². The van der Waals surface area contributed by atoms with Crippen molar-refractivity contribution in [1.82, 2.24) is 15.5 Å². The molecule has 0 radical (unpaired) electrons. The number of carbonyl (C=O) groups is 2. The molecular formula is C14H16N4O2S. The van der Waals surface area contributed by atoms with Gasteiger partial charge in [0.25, 0.3) is 5.91 Å². The molecule has 0 aliphatic heterocycles. The topological polar surface area (TPSA) is 84.0 Å². The molecule has 2 N–H and O–H groups in total. The predicted molar refractivity (Wildman–Crippen MR) is 81.3 cm³/mol. The van der Waals surface area contributed by atoms with Crippen LogP contribution in [-0.2, 0) is 4.79 Å². The van der Waals surface area contributed by atoms with E-state index in [9.17, 15) is 9.59 Å². The molecule has 0 bridgehead atoms. The summed E-state index contributed by atoms with van der Waals surface area (Å²) in [6.07, 6.45) is 0.178. The number of benzene rings is 1. The highest BCUT2D eigenvalue weighted by atomic mass is 32.1. The summed E-state index contributed by atoms with van der Waals surface area (Å²) in [5.41, 5.74) is 0.574. The van der Waals surface area contributed by atoms with Gasteiger partial charge in [-0.1, -0.05) is 29.5 Å². The second kappa shape index (κ2) is 6.94. The molecule has 2 amide bonds. The van der Waals surface area contributed by atoms with Crippen LogP contribution in [0.5, 0.6) is 0 Å². The van der Waals surface area contributed by atoms with Gasteiger partial charge in [0.05, 0.1) is 0 Å². The van der Waals surface area contributed by atoms with Gasteiger partial charge in [-0.3, -0.25) is 9.59 Å². The predicted octanol–water partition coefficient (Wildman–Crippen LogP) is 1.99. The van der Waals surface area contributed by atoms with Crippen molar-refractivity contribution < 1.29 is 9.59 Å². The average molecular weight is 304 g/mol. The number of anilines is 1. The molecule has 1 atom stereocenters. The van der Waals surface area contributed by atoms with E-state index < -0.39 is 0 Å². The Kier molecular flexibility index (Phi) is 4.99. The van der Waals surface area contributed by atoms with E-state index in [-0.39, 0.29) is 24.3 Å². The summed E-state index contributed by atoms with van der Waals surface area (Å²) in [5, 5.41) is 14.3. The molecule has 2 rings (SSSR count). The maximum atomic E-state index is 11.9. The van der Waals surface area contributed by atoms with Gasteiger partial charge in [0.1, 0.15) is 5.01 Å². The first-order valence-corrected chi connectivity index (χ1v) is 7.32. The lowest BCUT2D eigenvalue weighted by molar-refractivity contribution is -0.116. The van der Waals surface area contributed by atoms with Crippen molar-refractivity contribution in [3.63, 3.8) is 0 Å². The summed E-state index contributed by atoms with van der Waals surface area (Å²) in [4.78, 5) is 23.8.